The van der Waals surface area contributed by atoms with Gasteiger partial charge in [0.25, 0.3) is 0 Å². The Morgan fingerprint density at radius 1 is 1.17 bits per heavy atom. The van der Waals surface area contributed by atoms with E-state index in [1.807, 2.05) is 30.5 Å². The fourth-order valence-electron chi connectivity index (χ4n) is 2.63. The molecular formula is C18H15N3O3. The third kappa shape index (κ3) is 2.81. The molecule has 0 aliphatic carbocycles. The first-order valence-electron chi connectivity index (χ1n) is 7.61. The van der Waals surface area contributed by atoms with Crippen LogP contribution in [0.4, 0.5) is 0 Å². The van der Waals surface area contributed by atoms with Gasteiger partial charge in [0.15, 0.2) is 5.76 Å². The van der Waals surface area contributed by atoms with E-state index in [2.05, 4.69) is 15.5 Å². The molecular weight excluding hydrogens is 306 g/mol. The molecule has 1 amide bonds. The molecule has 3 heterocycles. The maximum Gasteiger partial charge on any atom is 0.224 e. The van der Waals surface area contributed by atoms with Gasteiger partial charge < -0.3 is 19.2 Å². The molecule has 6 nitrogen and oxygen atoms in total. The molecule has 120 valence electrons. The predicted molar refractivity (Wildman–Crippen MR) is 88.1 cm³/mol. The molecule has 0 aliphatic rings. The summed E-state index contributed by atoms with van der Waals surface area (Å²) in [5, 5.41) is 7.85. The normalized spacial score (nSPS) is 11.0. The molecule has 4 aromatic rings. The second kappa shape index (κ2) is 6.08. The summed E-state index contributed by atoms with van der Waals surface area (Å²) in [4.78, 5) is 15.3. The molecule has 0 saturated heterocycles. The van der Waals surface area contributed by atoms with E-state index >= 15 is 0 Å². The summed E-state index contributed by atoms with van der Waals surface area (Å²) in [5.74, 6) is 1.09. The number of nitrogens with zero attached hydrogens (tertiary/aromatic N) is 1. The molecule has 3 aromatic heterocycles. The van der Waals surface area contributed by atoms with Gasteiger partial charge in [-0.1, -0.05) is 23.4 Å². The summed E-state index contributed by atoms with van der Waals surface area (Å²) in [6, 6.07) is 13.2. The van der Waals surface area contributed by atoms with Crippen molar-refractivity contribution >= 4 is 16.8 Å². The summed E-state index contributed by atoms with van der Waals surface area (Å²) >= 11 is 0. The first-order chi connectivity index (χ1) is 11.8. The zero-order valence-electron chi connectivity index (χ0n) is 12.8. The molecule has 0 bridgehead atoms. The summed E-state index contributed by atoms with van der Waals surface area (Å²) in [6.45, 7) is 0.311. The van der Waals surface area contributed by atoms with Crippen molar-refractivity contribution < 1.29 is 13.7 Å². The molecule has 0 spiro atoms. The highest BCUT2D eigenvalue weighted by Gasteiger charge is 2.11. The van der Waals surface area contributed by atoms with Crippen LogP contribution in [-0.4, -0.2) is 16.0 Å². The number of hydrogen-bond donors (Lipinski definition) is 2. The number of aromatic amines is 1. The van der Waals surface area contributed by atoms with Crippen LogP contribution in [0, 0.1) is 0 Å². The molecule has 2 N–H and O–H groups in total. The number of furan rings is 1. The van der Waals surface area contributed by atoms with E-state index in [4.69, 9.17) is 8.94 Å². The number of carbonyl (C=O) groups is 1. The van der Waals surface area contributed by atoms with E-state index in [-0.39, 0.29) is 5.91 Å². The van der Waals surface area contributed by atoms with E-state index in [1.165, 1.54) is 0 Å². The molecule has 0 fully saturated rings. The number of nitrogens with one attached hydrogen (secondary N) is 2. The molecule has 0 radical (unpaired) electrons. The van der Waals surface area contributed by atoms with Gasteiger partial charge in [-0.25, -0.2) is 0 Å². The first-order valence-corrected chi connectivity index (χ1v) is 7.61. The molecule has 4 rings (SSSR count). The van der Waals surface area contributed by atoms with Gasteiger partial charge in [0.1, 0.15) is 5.69 Å². The van der Waals surface area contributed by atoms with Crippen molar-refractivity contribution in [2.75, 3.05) is 0 Å². The van der Waals surface area contributed by atoms with Gasteiger partial charge in [-0.3, -0.25) is 4.79 Å². The predicted octanol–water partition coefficient (Wildman–Crippen LogP) is 3.27. The Labute approximate surface area is 137 Å². The fourth-order valence-corrected chi connectivity index (χ4v) is 2.63. The van der Waals surface area contributed by atoms with E-state index in [0.717, 1.165) is 16.5 Å². The third-order valence-corrected chi connectivity index (χ3v) is 3.82. The van der Waals surface area contributed by atoms with Crippen LogP contribution in [0.3, 0.4) is 0 Å². The summed E-state index contributed by atoms with van der Waals surface area (Å²) in [6.07, 6.45) is 3.75. The number of para-hydroxylation sites is 1. The van der Waals surface area contributed by atoms with Crippen molar-refractivity contribution in [2.45, 2.75) is 13.0 Å². The smallest absolute Gasteiger partial charge is 0.224 e. The first kappa shape index (κ1) is 14.3. The van der Waals surface area contributed by atoms with E-state index in [1.54, 1.807) is 24.5 Å². The maximum absolute atomic E-state index is 12.2. The van der Waals surface area contributed by atoms with Crippen LogP contribution in [0.2, 0.25) is 0 Å². The number of fused-ring (bicyclic) bond motifs is 1. The molecule has 0 aliphatic heterocycles. The Morgan fingerprint density at radius 2 is 2.08 bits per heavy atom. The third-order valence-electron chi connectivity index (χ3n) is 3.82. The molecule has 0 atom stereocenters. The van der Waals surface area contributed by atoms with E-state index in [0.29, 0.717) is 30.2 Å². The highest BCUT2D eigenvalue weighted by atomic mass is 16.5. The zero-order chi connectivity index (χ0) is 16.4. The lowest BCUT2D eigenvalue weighted by Crippen LogP contribution is -2.24. The van der Waals surface area contributed by atoms with Crippen LogP contribution in [0.25, 0.3) is 22.4 Å². The number of amides is 1. The van der Waals surface area contributed by atoms with Crippen LogP contribution >= 0.6 is 0 Å². The lowest BCUT2D eigenvalue weighted by Gasteiger charge is -2.02. The Balaban J connectivity index is 1.38. The average molecular weight is 321 g/mol. The van der Waals surface area contributed by atoms with Gasteiger partial charge in [0.05, 0.1) is 19.2 Å². The number of H-pyrrole nitrogens is 1. The molecule has 1 aromatic carbocycles. The highest BCUT2D eigenvalue weighted by molar-refractivity contribution is 5.88. The van der Waals surface area contributed by atoms with Crippen molar-refractivity contribution in [3.8, 4) is 11.5 Å². The van der Waals surface area contributed by atoms with E-state index in [9.17, 15) is 4.79 Å². The largest absolute Gasteiger partial charge is 0.461 e. The summed E-state index contributed by atoms with van der Waals surface area (Å²) < 4.78 is 10.4. The Hall–Kier alpha value is -3.28. The van der Waals surface area contributed by atoms with Crippen LogP contribution < -0.4 is 5.32 Å². The Bertz CT molecular complexity index is 966. The van der Waals surface area contributed by atoms with Crippen molar-refractivity contribution in [3.63, 3.8) is 0 Å². The Morgan fingerprint density at radius 3 is 2.96 bits per heavy atom. The second-order valence-electron chi connectivity index (χ2n) is 5.47. The second-order valence-corrected chi connectivity index (χ2v) is 5.47. The summed E-state index contributed by atoms with van der Waals surface area (Å²) in [7, 11) is 0. The Kier molecular flexibility index (Phi) is 3.63. The molecule has 0 saturated carbocycles. The highest BCUT2D eigenvalue weighted by Crippen LogP contribution is 2.21. The minimum absolute atomic E-state index is 0.0673. The SMILES string of the molecule is O=C(Cc1c[nH]c2ccccc12)NCc1cc(-c2ccco2)on1. The van der Waals surface area contributed by atoms with Crippen molar-refractivity contribution in [3.05, 3.63) is 66.2 Å². The topological polar surface area (TPSA) is 84.1 Å². The number of rotatable bonds is 5. The van der Waals surface area contributed by atoms with Gasteiger partial charge >= 0.3 is 0 Å². The van der Waals surface area contributed by atoms with Gasteiger partial charge in [0, 0.05) is 23.2 Å². The van der Waals surface area contributed by atoms with Gasteiger partial charge in [-0.2, -0.15) is 0 Å². The van der Waals surface area contributed by atoms with Crippen molar-refractivity contribution in [2.24, 2.45) is 0 Å². The lowest BCUT2D eigenvalue weighted by molar-refractivity contribution is -0.120. The average Bonchev–Trinajstić information content (AvgIpc) is 3.34. The van der Waals surface area contributed by atoms with Crippen molar-refractivity contribution in [1.29, 1.82) is 0 Å². The number of hydrogen-bond acceptors (Lipinski definition) is 4. The number of aromatic nitrogens is 2. The quantitative estimate of drug-likeness (QED) is 0.591. The fraction of sp³-hybridized carbons (Fsp3) is 0.111. The van der Waals surface area contributed by atoms with Crippen LogP contribution in [-0.2, 0) is 17.8 Å². The van der Waals surface area contributed by atoms with Crippen molar-refractivity contribution in [1.82, 2.24) is 15.5 Å². The summed E-state index contributed by atoms with van der Waals surface area (Å²) in [5.41, 5.74) is 2.65. The minimum Gasteiger partial charge on any atom is -0.461 e. The van der Waals surface area contributed by atoms with Gasteiger partial charge in [-0.15, -0.1) is 0 Å². The lowest BCUT2D eigenvalue weighted by atomic mass is 10.1. The van der Waals surface area contributed by atoms with Gasteiger partial charge in [-0.05, 0) is 23.8 Å². The number of carbonyl (C=O) groups excluding carboxylic acids is 1. The monoisotopic (exact) mass is 321 g/mol. The van der Waals surface area contributed by atoms with Crippen LogP contribution in [0.15, 0.2) is 63.9 Å². The van der Waals surface area contributed by atoms with Gasteiger partial charge in [0.2, 0.25) is 11.7 Å². The van der Waals surface area contributed by atoms with E-state index < -0.39 is 0 Å². The van der Waals surface area contributed by atoms with Crippen LogP contribution in [0.5, 0.6) is 0 Å². The zero-order valence-corrected chi connectivity index (χ0v) is 12.8. The molecule has 0 unspecified atom stereocenters. The molecule has 24 heavy (non-hydrogen) atoms. The maximum atomic E-state index is 12.2. The number of benzene rings is 1. The van der Waals surface area contributed by atoms with Crippen LogP contribution in [0.1, 0.15) is 11.3 Å². The standard InChI is InChI=1S/C18H15N3O3/c22-18(8-12-10-19-15-5-2-1-4-14(12)15)20-11-13-9-17(24-21-13)16-6-3-7-23-16/h1-7,9-10,19H,8,11H2,(H,20,22). The minimum atomic E-state index is -0.0673. The molecule has 6 heteroatoms.